The number of fused-ring (bicyclic) bond motifs is 1. The van der Waals surface area contributed by atoms with E-state index in [-0.39, 0.29) is 30.7 Å². The van der Waals surface area contributed by atoms with Crippen molar-refractivity contribution in [3.63, 3.8) is 0 Å². The molecule has 0 aromatic heterocycles. The zero-order chi connectivity index (χ0) is 24.2. The Hall–Kier alpha value is -3.26. The van der Waals surface area contributed by atoms with Crippen LogP contribution in [0.2, 0.25) is 0 Å². The van der Waals surface area contributed by atoms with E-state index < -0.39 is 5.60 Å². The fraction of sp³-hybridized carbons (Fsp3) is 0.481. The number of amides is 3. The molecule has 0 aliphatic carbocycles. The van der Waals surface area contributed by atoms with Crippen molar-refractivity contribution in [1.82, 2.24) is 10.2 Å². The molecule has 1 saturated heterocycles. The lowest BCUT2D eigenvalue weighted by Gasteiger charge is -2.36. The Morgan fingerprint density at radius 1 is 1.20 bits per heavy atom. The maximum atomic E-state index is 14.3. The van der Waals surface area contributed by atoms with Crippen LogP contribution in [0, 0.1) is 5.92 Å². The summed E-state index contributed by atoms with van der Waals surface area (Å²) >= 11 is 0. The Labute approximate surface area is 205 Å². The van der Waals surface area contributed by atoms with Crippen LogP contribution in [0.5, 0.6) is 11.5 Å². The molecule has 8 heteroatoms. The molecular formula is C27H31N3O5. The predicted molar refractivity (Wildman–Crippen MR) is 130 cm³/mol. The zero-order valence-corrected chi connectivity index (χ0v) is 20.2. The normalized spacial score (nSPS) is 24.7. The van der Waals surface area contributed by atoms with Gasteiger partial charge >= 0.3 is 6.03 Å². The molecule has 3 amide bonds. The third-order valence-corrected chi connectivity index (χ3v) is 7.45. The first-order chi connectivity index (χ1) is 17.0. The number of nitrogens with zero attached hydrogens (tertiary/aromatic N) is 2. The van der Waals surface area contributed by atoms with Crippen LogP contribution in [0.15, 0.2) is 36.4 Å². The number of urea groups is 1. The molecule has 184 valence electrons. The summed E-state index contributed by atoms with van der Waals surface area (Å²) in [5.41, 5.74) is 2.58. The summed E-state index contributed by atoms with van der Waals surface area (Å²) in [4.78, 5) is 30.7. The first kappa shape index (κ1) is 22.2. The first-order valence-electron chi connectivity index (χ1n) is 12.5. The molecule has 2 aromatic carbocycles. The van der Waals surface area contributed by atoms with Crippen LogP contribution in [-0.2, 0) is 21.6 Å². The molecule has 0 spiro atoms. The van der Waals surface area contributed by atoms with E-state index in [1.54, 1.807) is 0 Å². The predicted octanol–water partition coefficient (Wildman–Crippen LogP) is 3.41. The van der Waals surface area contributed by atoms with Crippen molar-refractivity contribution in [1.29, 1.82) is 0 Å². The summed E-state index contributed by atoms with van der Waals surface area (Å²) in [5.74, 6) is 1.44. The second-order valence-electron chi connectivity index (χ2n) is 10.1. The maximum Gasteiger partial charge on any atom is 0.317 e. The van der Waals surface area contributed by atoms with Gasteiger partial charge in [-0.15, -0.1) is 0 Å². The summed E-state index contributed by atoms with van der Waals surface area (Å²) < 4.78 is 17.5. The van der Waals surface area contributed by atoms with Crippen LogP contribution in [0.4, 0.5) is 10.5 Å². The van der Waals surface area contributed by atoms with Gasteiger partial charge in [-0.3, -0.25) is 4.79 Å². The molecule has 4 heterocycles. The molecule has 35 heavy (non-hydrogen) atoms. The Morgan fingerprint density at radius 2 is 2.06 bits per heavy atom. The molecule has 2 unspecified atom stereocenters. The third-order valence-electron chi connectivity index (χ3n) is 7.45. The minimum absolute atomic E-state index is 0.0314. The van der Waals surface area contributed by atoms with E-state index in [0.717, 1.165) is 48.2 Å². The van der Waals surface area contributed by atoms with E-state index in [1.165, 1.54) is 0 Å². The van der Waals surface area contributed by atoms with E-state index in [0.29, 0.717) is 31.2 Å². The van der Waals surface area contributed by atoms with Gasteiger partial charge in [0, 0.05) is 36.8 Å². The number of piperidine rings is 1. The van der Waals surface area contributed by atoms with Crippen LogP contribution >= 0.6 is 0 Å². The van der Waals surface area contributed by atoms with E-state index in [1.807, 2.05) is 54.0 Å². The van der Waals surface area contributed by atoms with Gasteiger partial charge in [-0.2, -0.15) is 0 Å². The van der Waals surface area contributed by atoms with Crippen LogP contribution in [-0.4, -0.2) is 55.9 Å². The van der Waals surface area contributed by atoms with Crippen LogP contribution in [0.25, 0.3) is 0 Å². The standard InChI is InChI=1S/C27H31N3O5/c1-17(2)28-26(32)29-11-4-5-18(14-29)15-30-21-7-3-6-19-10-12-35-27(24(19)21,25(30)31)20-8-9-22-23(13-20)34-16-33-22/h3,6-9,13,17-18H,4-5,10-12,14-16H2,1-2H3,(H,28,32). The smallest absolute Gasteiger partial charge is 0.317 e. The number of ether oxygens (including phenoxy) is 3. The molecule has 2 aromatic rings. The van der Waals surface area contributed by atoms with Crippen molar-refractivity contribution in [3.05, 3.63) is 53.1 Å². The number of rotatable bonds is 4. The summed E-state index contributed by atoms with van der Waals surface area (Å²) in [6.45, 7) is 6.51. The molecule has 0 bridgehead atoms. The van der Waals surface area contributed by atoms with Crippen molar-refractivity contribution >= 4 is 17.6 Å². The topological polar surface area (TPSA) is 80.3 Å². The molecule has 4 aliphatic rings. The number of carbonyl (C=O) groups excluding carboxylic acids is 2. The lowest BCUT2D eigenvalue weighted by molar-refractivity contribution is -0.139. The fourth-order valence-electron chi connectivity index (χ4n) is 5.92. The number of nitrogens with one attached hydrogen (secondary N) is 1. The Bertz CT molecular complexity index is 1180. The van der Waals surface area contributed by atoms with Crippen molar-refractivity contribution < 1.29 is 23.8 Å². The van der Waals surface area contributed by atoms with Crippen molar-refractivity contribution in [3.8, 4) is 11.5 Å². The van der Waals surface area contributed by atoms with Gasteiger partial charge in [-0.25, -0.2) is 4.79 Å². The van der Waals surface area contributed by atoms with Crippen molar-refractivity contribution in [2.75, 3.05) is 37.9 Å². The van der Waals surface area contributed by atoms with Gasteiger partial charge in [-0.05, 0) is 62.8 Å². The zero-order valence-electron chi connectivity index (χ0n) is 20.2. The largest absolute Gasteiger partial charge is 0.454 e. The second kappa shape index (κ2) is 8.45. The molecule has 6 rings (SSSR count). The minimum atomic E-state index is -1.19. The highest BCUT2D eigenvalue weighted by molar-refractivity contribution is 6.10. The Kier molecular flexibility index (Phi) is 5.36. The van der Waals surface area contributed by atoms with E-state index in [4.69, 9.17) is 14.2 Å². The number of hydrogen-bond donors (Lipinski definition) is 1. The SMILES string of the molecule is CC(C)NC(=O)N1CCCC(CN2C(=O)C3(c4ccc5c(c4)OCO5)OCCc4cccc2c43)C1. The number of likely N-dealkylation sites (tertiary alicyclic amines) is 1. The first-order valence-corrected chi connectivity index (χ1v) is 12.5. The summed E-state index contributed by atoms with van der Waals surface area (Å²) in [7, 11) is 0. The van der Waals surface area contributed by atoms with Crippen molar-refractivity contribution in [2.45, 2.75) is 44.8 Å². The molecule has 0 radical (unpaired) electrons. The van der Waals surface area contributed by atoms with Gasteiger partial charge in [-0.1, -0.05) is 18.2 Å². The molecular weight excluding hydrogens is 446 g/mol. The average Bonchev–Trinajstić information content (AvgIpc) is 3.42. The fourth-order valence-corrected chi connectivity index (χ4v) is 5.92. The average molecular weight is 478 g/mol. The quantitative estimate of drug-likeness (QED) is 0.730. The molecule has 4 aliphatic heterocycles. The summed E-state index contributed by atoms with van der Waals surface area (Å²) in [5, 5.41) is 3.00. The number of hydrogen-bond acceptors (Lipinski definition) is 5. The highest BCUT2D eigenvalue weighted by Crippen LogP contribution is 2.52. The monoisotopic (exact) mass is 477 g/mol. The number of anilines is 1. The second-order valence-corrected chi connectivity index (χ2v) is 10.1. The van der Waals surface area contributed by atoms with E-state index in [9.17, 15) is 9.59 Å². The van der Waals surface area contributed by atoms with Gasteiger partial charge in [0.25, 0.3) is 5.91 Å². The number of benzene rings is 2. The van der Waals surface area contributed by atoms with Crippen LogP contribution in [0.1, 0.15) is 43.4 Å². The summed E-state index contributed by atoms with van der Waals surface area (Å²) in [6, 6.07) is 11.9. The van der Waals surface area contributed by atoms with Crippen LogP contribution in [0.3, 0.4) is 0 Å². The van der Waals surface area contributed by atoms with Crippen LogP contribution < -0.4 is 19.7 Å². The molecule has 8 nitrogen and oxygen atoms in total. The minimum Gasteiger partial charge on any atom is -0.454 e. The molecule has 1 N–H and O–H groups in total. The Balaban J connectivity index is 1.34. The Morgan fingerprint density at radius 3 is 2.91 bits per heavy atom. The highest BCUT2D eigenvalue weighted by atomic mass is 16.7. The van der Waals surface area contributed by atoms with Gasteiger partial charge in [0.15, 0.2) is 17.1 Å². The maximum absolute atomic E-state index is 14.3. The molecule has 0 saturated carbocycles. The van der Waals surface area contributed by atoms with E-state index >= 15 is 0 Å². The summed E-state index contributed by atoms with van der Waals surface area (Å²) in [6.07, 6.45) is 2.67. The van der Waals surface area contributed by atoms with Gasteiger partial charge in [0.05, 0.1) is 12.3 Å². The third kappa shape index (κ3) is 3.54. The number of carbonyl (C=O) groups is 2. The van der Waals surface area contributed by atoms with Gasteiger partial charge < -0.3 is 29.3 Å². The van der Waals surface area contributed by atoms with Crippen molar-refractivity contribution in [2.24, 2.45) is 5.92 Å². The lowest BCUT2D eigenvalue weighted by atomic mass is 9.82. The molecule has 2 atom stereocenters. The lowest BCUT2D eigenvalue weighted by Crippen LogP contribution is -2.51. The van der Waals surface area contributed by atoms with Gasteiger partial charge in [0.2, 0.25) is 6.79 Å². The van der Waals surface area contributed by atoms with E-state index in [2.05, 4.69) is 11.4 Å². The molecule has 1 fully saturated rings. The van der Waals surface area contributed by atoms with Gasteiger partial charge in [0.1, 0.15) is 0 Å². The highest BCUT2D eigenvalue weighted by Gasteiger charge is 2.56.